The van der Waals surface area contributed by atoms with E-state index in [0.717, 1.165) is 56.9 Å². The SMILES string of the molecule is Cc1nc([C@@H]2CCCN(C(=O)COC[C@@H]3CCCO3)C2)c2sccn12. The number of aromatic nitrogens is 2. The molecule has 2 aliphatic heterocycles. The third-order valence-electron chi connectivity index (χ3n) is 5.17. The van der Waals surface area contributed by atoms with E-state index >= 15 is 0 Å². The Morgan fingerprint density at radius 1 is 1.44 bits per heavy atom. The van der Waals surface area contributed by atoms with Gasteiger partial charge in [0.05, 0.1) is 18.4 Å². The Morgan fingerprint density at radius 2 is 2.36 bits per heavy atom. The molecule has 2 aromatic rings. The summed E-state index contributed by atoms with van der Waals surface area (Å²) >= 11 is 1.72. The highest BCUT2D eigenvalue weighted by Gasteiger charge is 2.28. The van der Waals surface area contributed by atoms with Crippen molar-refractivity contribution < 1.29 is 14.3 Å². The second-order valence-electron chi connectivity index (χ2n) is 6.95. The molecule has 0 bridgehead atoms. The smallest absolute Gasteiger partial charge is 0.248 e. The van der Waals surface area contributed by atoms with Crippen LogP contribution in [0.2, 0.25) is 0 Å². The summed E-state index contributed by atoms with van der Waals surface area (Å²) < 4.78 is 13.3. The Kier molecular flexibility index (Phi) is 5.05. The van der Waals surface area contributed by atoms with Gasteiger partial charge >= 0.3 is 0 Å². The number of imidazole rings is 1. The second kappa shape index (κ2) is 7.43. The number of thiazole rings is 1. The van der Waals surface area contributed by atoms with Crippen LogP contribution in [0.25, 0.3) is 4.83 Å². The molecule has 4 rings (SSSR count). The summed E-state index contributed by atoms with van der Waals surface area (Å²) in [6, 6.07) is 0. The molecule has 0 aromatic carbocycles. The molecule has 0 aliphatic carbocycles. The van der Waals surface area contributed by atoms with E-state index in [1.165, 1.54) is 4.83 Å². The number of hydrogen-bond acceptors (Lipinski definition) is 5. The van der Waals surface area contributed by atoms with Crippen molar-refractivity contribution in [2.45, 2.75) is 44.6 Å². The predicted molar refractivity (Wildman–Crippen MR) is 96.2 cm³/mol. The minimum atomic E-state index is 0.0843. The number of piperidine rings is 1. The van der Waals surface area contributed by atoms with Crippen molar-refractivity contribution >= 4 is 22.1 Å². The highest BCUT2D eigenvalue weighted by molar-refractivity contribution is 7.15. The number of nitrogens with zero attached hydrogens (tertiary/aromatic N) is 3. The molecule has 136 valence electrons. The molecule has 0 unspecified atom stereocenters. The summed E-state index contributed by atoms with van der Waals surface area (Å²) in [4.78, 5) is 20.4. The van der Waals surface area contributed by atoms with Crippen LogP contribution in [0.4, 0.5) is 0 Å². The van der Waals surface area contributed by atoms with Crippen molar-refractivity contribution in [3.05, 3.63) is 23.1 Å². The van der Waals surface area contributed by atoms with Gasteiger partial charge in [0.25, 0.3) is 0 Å². The first-order chi connectivity index (χ1) is 12.2. The van der Waals surface area contributed by atoms with Gasteiger partial charge in [0.2, 0.25) is 5.91 Å². The maximum Gasteiger partial charge on any atom is 0.248 e. The minimum absolute atomic E-state index is 0.0843. The lowest BCUT2D eigenvalue weighted by Crippen LogP contribution is -2.41. The molecule has 25 heavy (non-hydrogen) atoms. The largest absolute Gasteiger partial charge is 0.376 e. The van der Waals surface area contributed by atoms with Crippen LogP contribution in [0.15, 0.2) is 11.6 Å². The lowest BCUT2D eigenvalue weighted by molar-refractivity contribution is -0.138. The highest BCUT2D eigenvalue weighted by Crippen LogP contribution is 2.32. The van der Waals surface area contributed by atoms with Crippen LogP contribution in [-0.2, 0) is 14.3 Å². The Balaban J connectivity index is 1.35. The topological polar surface area (TPSA) is 56.1 Å². The zero-order chi connectivity index (χ0) is 17.2. The van der Waals surface area contributed by atoms with Gasteiger partial charge in [-0.3, -0.25) is 9.20 Å². The number of likely N-dealkylation sites (tertiary alicyclic amines) is 1. The Labute approximate surface area is 151 Å². The number of rotatable bonds is 5. The number of ether oxygens (including phenoxy) is 2. The van der Waals surface area contributed by atoms with Gasteiger partial charge in [0, 0.05) is 37.2 Å². The number of amides is 1. The molecule has 2 saturated heterocycles. The quantitative estimate of drug-likeness (QED) is 0.819. The first kappa shape index (κ1) is 17.0. The molecule has 2 atom stereocenters. The van der Waals surface area contributed by atoms with E-state index in [4.69, 9.17) is 14.5 Å². The molecule has 0 radical (unpaired) electrons. The molecule has 7 heteroatoms. The van der Waals surface area contributed by atoms with Crippen LogP contribution < -0.4 is 0 Å². The average Bonchev–Trinajstić information content (AvgIpc) is 3.35. The van der Waals surface area contributed by atoms with E-state index in [2.05, 4.69) is 16.0 Å². The number of aryl methyl sites for hydroxylation is 1. The molecule has 4 heterocycles. The van der Waals surface area contributed by atoms with E-state index < -0.39 is 0 Å². The summed E-state index contributed by atoms with van der Waals surface area (Å²) in [5, 5.41) is 2.10. The third-order valence-corrected chi connectivity index (χ3v) is 6.06. The van der Waals surface area contributed by atoms with Crippen LogP contribution in [0.5, 0.6) is 0 Å². The lowest BCUT2D eigenvalue weighted by Gasteiger charge is -2.32. The molecular formula is C18H25N3O3S. The predicted octanol–water partition coefficient (Wildman–Crippen LogP) is 2.61. The van der Waals surface area contributed by atoms with Crippen molar-refractivity contribution in [3.8, 4) is 0 Å². The fraction of sp³-hybridized carbons (Fsp3) is 0.667. The van der Waals surface area contributed by atoms with Crippen molar-refractivity contribution in [2.24, 2.45) is 0 Å². The zero-order valence-electron chi connectivity index (χ0n) is 14.6. The summed E-state index contributed by atoms with van der Waals surface area (Å²) in [6.07, 6.45) is 6.47. The molecule has 0 N–H and O–H groups in total. The number of carbonyl (C=O) groups is 1. The van der Waals surface area contributed by atoms with Gasteiger partial charge in [-0.2, -0.15) is 0 Å². The van der Waals surface area contributed by atoms with Crippen molar-refractivity contribution in [1.82, 2.24) is 14.3 Å². The number of carbonyl (C=O) groups excluding carboxylic acids is 1. The summed E-state index contributed by atoms with van der Waals surface area (Å²) in [5.74, 6) is 1.42. The fourth-order valence-electron chi connectivity index (χ4n) is 3.83. The van der Waals surface area contributed by atoms with Crippen LogP contribution in [0, 0.1) is 6.92 Å². The van der Waals surface area contributed by atoms with Crippen LogP contribution in [-0.4, -0.2) is 59.2 Å². The summed E-state index contributed by atoms with van der Waals surface area (Å²) in [7, 11) is 0. The van der Waals surface area contributed by atoms with Gasteiger partial charge in [-0.25, -0.2) is 4.98 Å². The van der Waals surface area contributed by atoms with Crippen LogP contribution >= 0.6 is 11.3 Å². The van der Waals surface area contributed by atoms with Gasteiger partial charge in [0.15, 0.2) is 0 Å². The van der Waals surface area contributed by atoms with Gasteiger partial charge in [-0.15, -0.1) is 11.3 Å². The summed E-state index contributed by atoms with van der Waals surface area (Å²) in [5.41, 5.74) is 1.14. The minimum Gasteiger partial charge on any atom is -0.376 e. The van der Waals surface area contributed by atoms with E-state index in [1.54, 1.807) is 11.3 Å². The molecule has 2 aromatic heterocycles. The van der Waals surface area contributed by atoms with Crippen molar-refractivity contribution in [2.75, 3.05) is 32.9 Å². The normalized spacial score (nSPS) is 24.3. The van der Waals surface area contributed by atoms with Gasteiger partial charge in [0.1, 0.15) is 17.3 Å². The highest BCUT2D eigenvalue weighted by atomic mass is 32.1. The molecule has 1 amide bonds. The number of fused-ring (bicyclic) bond motifs is 1. The Hall–Kier alpha value is -1.44. The maximum absolute atomic E-state index is 12.5. The summed E-state index contributed by atoms with van der Waals surface area (Å²) in [6.45, 7) is 5.10. The first-order valence-electron chi connectivity index (χ1n) is 9.11. The molecular weight excluding hydrogens is 338 g/mol. The maximum atomic E-state index is 12.5. The van der Waals surface area contributed by atoms with Crippen LogP contribution in [0.3, 0.4) is 0 Å². The standard InChI is InChI=1S/C18H25N3O3S/c1-13-19-17(18-21(13)7-9-25-18)14-4-2-6-20(10-14)16(22)12-23-11-15-5-3-8-24-15/h7,9,14-15H,2-6,8,10-12H2,1H3/t14-,15+/m1/s1. The zero-order valence-corrected chi connectivity index (χ0v) is 15.5. The lowest BCUT2D eigenvalue weighted by atomic mass is 9.95. The molecule has 2 aliphatic rings. The molecule has 2 fully saturated rings. The molecule has 6 nitrogen and oxygen atoms in total. The fourth-order valence-corrected chi connectivity index (χ4v) is 4.78. The molecule has 0 spiro atoms. The van der Waals surface area contributed by atoms with Crippen molar-refractivity contribution in [1.29, 1.82) is 0 Å². The number of hydrogen-bond donors (Lipinski definition) is 0. The first-order valence-corrected chi connectivity index (χ1v) is 9.99. The molecule has 0 saturated carbocycles. The van der Waals surface area contributed by atoms with Crippen molar-refractivity contribution in [3.63, 3.8) is 0 Å². The average molecular weight is 363 g/mol. The van der Waals surface area contributed by atoms with E-state index in [9.17, 15) is 4.79 Å². The van der Waals surface area contributed by atoms with E-state index in [-0.39, 0.29) is 18.6 Å². The van der Waals surface area contributed by atoms with Crippen LogP contribution in [0.1, 0.15) is 43.1 Å². The van der Waals surface area contributed by atoms with Gasteiger partial charge in [-0.1, -0.05) is 0 Å². The third kappa shape index (κ3) is 3.59. The Morgan fingerprint density at radius 3 is 3.20 bits per heavy atom. The van der Waals surface area contributed by atoms with Gasteiger partial charge in [-0.05, 0) is 32.6 Å². The Bertz CT molecular complexity index is 735. The van der Waals surface area contributed by atoms with Gasteiger partial charge < -0.3 is 14.4 Å². The monoisotopic (exact) mass is 363 g/mol. The second-order valence-corrected chi connectivity index (χ2v) is 7.85. The van der Waals surface area contributed by atoms with E-state index in [0.29, 0.717) is 12.5 Å². The van der Waals surface area contributed by atoms with E-state index in [1.807, 2.05) is 11.8 Å².